The lowest BCUT2D eigenvalue weighted by atomic mass is 10.0. The smallest absolute Gasteiger partial charge is 0.325 e. The topological polar surface area (TPSA) is 151 Å². The van der Waals surface area contributed by atoms with Crippen molar-refractivity contribution in [2.24, 2.45) is 5.73 Å². The standard InChI is InChI=1S/C16H20N4O4.C8H10O2/c1-2-12(10-4-3-5-11(8-10)15(17)23)19-16(24)20-9-13(21)18-7-6-14(20)22;1-6-5-7(9)3-4-8(6)10-2/h3-5,8,12H,2,6-7,9H2,1H3,(H2,17,23)(H,18,21)(H,19,24);3-5,9H,1-2H3. The van der Waals surface area contributed by atoms with E-state index in [-0.39, 0.29) is 31.2 Å². The number of urea groups is 1. The van der Waals surface area contributed by atoms with Gasteiger partial charge in [-0.3, -0.25) is 19.3 Å². The lowest BCUT2D eigenvalue weighted by Gasteiger charge is -2.23. The van der Waals surface area contributed by atoms with Crippen molar-refractivity contribution in [3.05, 3.63) is 59.2 Å². The Kier molecular flexibility index (Phi) is 9.42. The van der Waals surface area contributed by atoms with Gasteiger partial charge in [0.05, 0.1) is 13.2 Å². The number of nitrogens with zero attached hydrogens (tertiary/aromatic N) is 1. The number of rotatable bonds is 5. The van der Waals surface area contributed by atoms with Crippen LogP contribution < -0.4 is 21.1 Å². The maximum Gasteiger partial charge on any atom is 0.325 e. The molecule has 2 aromatic carbocycles. The predicted octanol–water partition coefficient (Wildman–Crippen LogP) is 2.00. The molecule has 0 saturated carbocycles. The van der Waals surface area contributed by atoms with Crippen LogP contribution in [0.5, 0.6) is 11.5 Å². The normalized spacial score (nSPS) is 14.1. The van der Waals surface area contributed by atoms with E-state index in [1.165, 1.54) is 0 Å². The second-order valence-electron chi connectivity index (χ2n) is 7.63. The summed E-state index contributed by atoms with van der Waals surface area (Å²) in [6, 6.07) is 10.6. The quantitative estimate of drug-likeness (QED) is 0.525. The Bertz CT molecular complexity index is 1060. The van der Waals surface area contributed by atoms with Crippen molar-refractivity contribution in [2.75, 3.05) is 20.2 Å². The zero-order valence-corrected chi connectivity index (χ0v) is 19.5. The summed E-state index contributed by atoms with van der Waals surface area (Å²) in [6.07, 6.45) is 0.620. The highest BCUT2D eigenvalue weighted by molar-refractivity contribution is 5.99. The molecule has 5 amide bonds. The van der Waals surface area contributed by atoms with E-state index in [2.05, 4.69) is 10.6 Å². The van der Waals surface area contributed by atoms with Gasteiger partial charge in [0.25, 0.3) is 0 Å². The van der Waals surface area contributed by atoms with Crippen LogP contribution in [0.3, 0.4) is 0 Å². The Morgan fingerprint density at radius 1 is 1.24 bits per heavy atom. The highest BCUT2D eigenvalue weighted by Crippen LogP contribution is 2.21. The number of nitrogens with one attached hydrogen (secondary N) is 2. The SMILES string of the molecule is CCC(NC(=O)N1CC(=O)NCCC1=O)c1cccc(C(N)=O)c1.COc1ccc(O)cc1C. The lowest BCUT2D eigenvalue weighted by molar-refractivity contribution is -0.130. The van der Waals surface area contributed by atoms with Gasteiger partial charge in [0.15, 0.2) is 0 Å². The first-order valence-electron chi connectivity index (χ1n) is 10.8. The van der Waals surface area contributed by atoms with Gasteiger partial charge in [-0.15, -0.1) is 0 Å². The number of imide groups is 1. The molecule has 0 aromatic heterocycles. The third kappa shape index (κ3) is 7.22. The number of hydrogen-bond acceptors (Lipinski definition) is 6. The fourth-order valence-corrected chi connectivity index (χ4v) is 3.34. The Hall–Kier alpha value is -4.08. The number of aryl methyl sites for hydroxylation is 1. The second-order valence-corrected chi connectivity index (χ2v) is 7.63. The zero-order chi connectivity index (χ0) is 25.3. The van der Waals surface area contributed by atoms with Crippen LogP contribution in [0.2, 0.25) is 0 Å². The molecule has 0 spiro atoms. The number of amides is 5. The molecular weight excluding hydrogens is 440 g/mol. The molecule has 2 aromatic rings. The molecule has 1 unspecified atom stereocenters. The summed E-state index contributed by atoms with van der Waals surface area (Å²) in [5, 5.41) is 14.3. The summed E-state index contributed by atoms with van der Waals surface area (Å²) in [7, 11) is 1.61. The molecule has 10 heteroatoms. The van der Waals surface area contributed by atoms with E-state index in [9.17, 15) is 19.2 Å². The Labute approximate surface area is 198 Å². The van der Waals surface area contributed by atoms with E-state index in [1.807, 2.05) is 13.8 Å². The van der Waals surface area contributed by atoms with Crippen LogP contribution in [0.4, 0.5) is 4.79 Å². The number of aromatic hydroxyl groups is 1. The first-order chi connectivity index (χ1) is 16.2. The number of phenols is 1. The van der Waals surface area contributed by atoms with Gasteiger partial charge in [0.2, 0.25) is 17.7 Å². The minimum Gasteiger partial charge on any atom is -0.508 e. The van der Waals surface area contributed by atoms with Crippen LogP contribution in [-0.4, -0.2) is 54.0 Å². The van der Waals surface area contributed by atoms with Gasteiger partial charge in [-0.1, -0.05) is 19.1 Å². The van der Waals surface area contributed by atoms with Gasteiger partial charge in [-0.2, -0.15) is 0 Å². The van der Waals surface area contributed by atoms with Crippen LogP contribution in [0.1, 0.15) is 47.3 Å². The van der Waals surface area contributed by atoms with Crippen molar-refractivity contribution >= 4 is 23.8 Å². The predicted molar refractivity (Wildman–Crippen MR) is 125 cm³/mol. The largest absolute Gasteiger partial charge is 0.508 e. The average molecular weight is 471 g/mol. The summed E-state index contributed by atoms with van der Waals surface area (Å²) < 4.78 is 4.99. The minimum atomic E-state index is -0.631. The van der Waals surface area contributed by atoms with Crippen LogP contribution in [0.25, 0.3) is 0 Å². The monoisotopic (exact) mass is 470 g/mol. The molecule has 3 rings (SSSR count). The molecular formula is C24H30N4O6. The Morgan fingerprint density at radius 3 is 2.59 bits per heavy atom. The van der Waals surface area contributed by atoms with Gasteiger partial charge >= 0.3 is 6.03 Å². The molecule has 10 nitrogen and oxygen atoms in total. The van der Waals surface area contributed by atoms with E-state index in [0.29, 0.717) is 17.5 Å². The van der Waals surface area contributed by atoms with Gasteiger partial charge in [0, 0.05) is 18.5 Å². The molecule has 5 N–H and O–H groups in total. The number of methoxy groups -OCH3 is 1. The summed E-state index contributed by atoms with van der Waals surface area (Å²) in [5.74, 6) is -0.264. The molecule has 1 aliphatic heterocycles. The maximum atomic E-state index is 12.4. The number of benzene rings is 2. The molecule has 0 radical (unpaired) electrons. The Balaban J connectivity index is 0.000000340. The van der Waals surface area contributed by atoms with Crippen LogP contribution in [-0.2, 0) is 9.59 Å². The summed E-state index contributed by atoms with van der Waals surface area (Å²) in [5.41, 5.74) is 7.26. The number of phenolic OH excluding ortho intramolecular Hbond substituents is 1. The highest BCUT2D eigenvalue weighted by Gasteiger charge is 2.28. The van der Waals surface area contributed by atoms with E-state index >= 15 is 0 Å². The van der Waals surface area contributed by atoms with E-state index in [0.717, 1.165) is 16.2 Å². The van der Waals surface area contributed by atoms with Crippen molar-refractivity contribution in [3.63, 3.8) is 0 Å². The average Bonchev–Trinajstić information content (AvgIpc) is 2.98. The summed E-state index contributed by atoms with van der Waals surface area (Å²) >= 11 is 0. The van der Waals surface area contributed by atoms with E-state index < -0.39 is 23.9 Å². The molecule has 1 atom stereocenters. The van der Waals surface area contributed by atoms with Crippen molar-refractivity contribution in [2.45, 2.75) is 32.7 Å². The first kappa shape index (κ1) is 26.2. The molecule has 182 valence electrons. The second kappa shape index (κ2) is 12.2. The zero-order valence-electron chi connectivity index (χ0n) is 19.5. The van der Waals surface area contributed by atoms with E-state index in [1.54, 1.807) is 49.6 Å². The molecule has 1 fully saturated rings. The number of nitrogens with two attached hydrogens (primary N) is 1. The molecule has 0 bridgehead atoms. The van der Waals surface area contributed by atoms with Crippen LogP contribution >= 0.6 is 0 Å². The highest BCUT2D eigenvalue weighted by atomic mass is 16.5. The summed E-state index contributed by atoms with van der Waals surface area (Å²) in [6.45, 7) is 3.67. The van der Waals surface area contributed by atoms with E-state index in [4.69, 9.17) is 15.6 Å². The number of ether oxygens (including phenoxy) is 1. The van der Waals surface area contributed by atoms with Crippen molar-refractivity contribution in [1.29, 1.82) is 0 Å². The molecule has 1 saturated heterocycles. The van der Waals surface area contributed by atoms with Crippen molar-refractivity contribution in [3.8, 4) is 11.5 Å². The summed E-state index contributed by atoms with van der Waals surface area (Å²) in [4.78, 5) is 48.1. The molecule has 1 heterocycles. The fraction of sp³-hybridized carbons (Fsp3) is 0.333. The lowest BCUT2D eigenvalue weighted by Crippen LogP contribution is -2.47. The van der Waals surface area contributed by atoms with Gasteiger partial charge in [-0.25, -0.2) is 4.79 Å². The first-order valence-corrected chi connectivity index (χ1v) is 10.8. The number of primary amides is 1. The fourth-order valence-electron chi connectivity index (χ4n) is 3.34. The third-order valence-electron chi connectivity index (χ3n) is 5.17. The molecule has 1 aliphatic rings. The Morgan fingerprint density at radius 2 is 1.97 bits per heavy atom. The van der Waals surface area contributed by atoms with Crippen molar-refractivity contribution < 1.29 is 29.0 Å². The maximum absolute atomic E-state index is 12.4. The number of hydrogen-bond donors (Lipinski definition) is 4. The van der Waals surface area contributed by atoms with Gasteiger partial charge in [0.1, 0.15) is 18.0 Å². The molecule has 34 heavy (non-hydrogen) atoms. The number of carbonyl (C=O) groups excluding carboxylic acids is 4. The minimum absolute atomic E-state index is 0.0765. The van der Waals surface area contributed by atoms with Gasteiger partial charge < -0.3 is 26.2 Å². The third-order valence-corrected chi connectivity index (χ3v) is 5.17. The van der Waals surface area contributed by atoms with Gasteiger partial charge in [-0.05, 0) is 54.8 Å². The van der Waals surface area contributed by atoms with Crippen LogP contribution in [0.15, 0.2) is 42.5 Å². The van der Waals surface area contributed by atoms with Crippen LogP contribution in [0, 0.1) is 6.92 Å². The molecule has 0 aliphatic carbocycles. The number of carbonyl (C=O) groups is 4. The van der Waals surface area contributed by atoms with Crippen molar-refractivity contribution in [1.82, 2.24) is 15.5 Å².